The molecular formula is C11H14N2O3. The number of hydrogen-bond donors (Lipinski definition) is 2. The van der Waals surface area contributed by atoms with Gasteiger partial charge in [-0.1, -0.05) is 0 Å². The summed E-state index contributed by atoms with van der Waals surface area (Å²) in [5, 5.41) is 9.13. The van der Waals surface area contributed by atoms with Gasteiger partial charge in [-0.05, 0) is 18.9 Å². The first-order valence-corrected chi connectivity index (χ1v) is 5.33. The normalized spacial score (nSPS) is 20.1. The number of H-pyrrole nitrogens is 1. The Hall–Kier alpha value is -1.62. The lowest BCUT2D eigenvalue weighted by molar-refractivity contribution is 0.0677. The van der Waals surface area contributed by atoms with Crippen LogP contribution in [0, 0.1) is 0 Å². The third-order valence-electron chi connectivity index (χ3n) is 2.87. The van der Waals surface area contributed by atoms with Crippen molar-refractivity contribution >= 4 is 5.91 Å². The van der Waals surface area contributed by atoms with Gasteiger partial charge >= 0.3 is 0 Å². The quantitative estimate of drug-likeness (QED) is 0.738. The van der Waals surface area contributed by atoms with Gasteiger partial charge in [-0.3, -0.25) is 9.59 Å². The average molecular weight is 222 g/mol. The second-order valence-corrected chi connectivity index (χ2v) is 3.92. The minimum atomic E-state index is -0.286. The van der Waals surface area contributed by atoms with Crippen LogP contribution < -0.4 is 5.56 Å². The lowest BCUT2D eigenvalue weighted by atomic mass is 10.2. The summed E-state index contributed by atoms with van der Waals surface area (Å²) in [6.45, 7) is 0.631. The number of hydrogen-bond acceptors (Lipinski definition) is 3. The molecule has 0 aliphatic carbocycles. The van der Waals surface area contributed by atoms with Crippen molar-refractivity contribution < 1.29 is 9.90 Å². The standard InChI is InChI=1S/C11H14N2O3/c14-7-9-2-1-5-13(9)11(16)8-3-4-12-10(15)6-8/h3-4,6,9,14H,1-2,5,7H2,(H,12,15)/t9-/m1/s1. The zero-order chi connectivity index (χ0) is 11.5. The van der Waals surface area contributed by atoms with Crippen LogP contribution in [0.1, 0.15) is 23.2 Å². The number of aromatic nitrogens is 1. The SMILES string of the molecule is O=C(c1cc[nH]c(=O)c1)N1CCC[C@@H]1CO. The van der Waals surface area contributed by atoms with Crippen LogP contribution >= 0.6 is 0 Å². The third-order valence-corrected chi connectivity index (χ3v) is 2.87. The van der Waals surface area contributed by atoms with Crippen molar-refractivity contribution in [2.24, 2.45) is 0 Å². The van der Waals surface area contributed by atoms with E-state index in [0.717, 1.165) is 12.8 Å². The largest absolute Gasteiger partial charge is 0.394 e. The van der Waals surface area contributed by atoms with Crippen LogP contribution in [0.3, 0.4) is 0 Å². The molecule has 2 rings (SSSR count). The Kier molecular flexibility index (Phi) is 3.05. The van der Waals surface area contributed by atoms with Crippen LogP contribution in [0.5, 0.6) is 0 Å². The third kappa shape index (κ3) is 1.99. The van der Waals surface area contributed by atoms with Gasteiger partial charge in [0.1, 0.15) is 0 Å². The Morgan fingerprint density at radius 1 is 1.62 bits per heavy atom. The number of aromatic amines is 1. The van der Waals surface area contributed by atoms with E-state index in [1.54, 1.807) is 11.0 Å². The predicted molar refractivity (Wildman–Crippen MR) is 58.2 cm³/mol. The van der Waals surface area contributed by atoms with Gasteiger partial charge in [0.15, 0.2) is 0 Å². The molecule has 0 aromatic carbocycles. The molecule has 1 aliphatic heterocycles. The van der Waals surface area contributed by atoms with Crippen molar-refractivity contribution in [1.82, 2.24) is 9.88 Å². The summed E-state index contributed by atoms with van der Waals surface area (Å²) in [7, 11) is 0. The van der Waals surface area contributed by atoms with Gasteiger partial charge in [0.2, 0.25) is 5.56 Å². The number of nitrogens with zero attached hydrogens (tertiary/aromatic N) is 1. The van der Waals surface area contributed by atoms with Crippen LogP contribution in [0.15, 0.2) is 23.1 Å². The number of likely N-dealkylation sites (tertiary alicyclic amines) is 1. The number of aliphatic hydroxyl groups is 1. The molecule has 1 saturated heterocycles. The molecule has 1 aromatic heterocycles. The molecule has 1 amide bonds. The Labute approximate surface area is 92.7 Å². The first-order chi connectivity index (χ1) is 7.72. The lowest BCUT2D eigenvalue weighted by Crippen LogP contribution is -2.37. The van der Waals surface area contributed by atoms with Gasteiger partial charge in [0.25, 0.3) is 5.91 Å². The molecule has 1 aliphatic rings. The van der Waals surface area contributed by atoms with Crippen molar-refractivity contribution in [2.45, 2.75) is 18.9 Å². The van der Waals surface area contributed by atoms with Crippen molar-refractivity contribution in [3.63, 3.8) is 0 Å². The average Bonchev–Trinajstić information content (AvgIpc) is 2.76. The van der Waals surface area contributed by atoms with E-state index in [1.165, 1.54) is 12.3 Å². The highest BCUT2D eigenvalue weighted by Crippen LogP contribution is 2.18. The van der Waals surface area contributed by atoms with Crippen LogP contribution in [0.25, 0.3) is 0 Å². The maximum atomic E-state index is 12.0. The van der Waals surface area contributed by atoms with E-state index in [4.69, 9.17) is 5.11 Å². The number of pyridine rings is 1. The fraction of sp³-hybridized carbons (Fsp3) is 0.455. The molecule has 5 nitrogen and oxygen atoms in total. The summed E-state index contributed by atoms with van der Waals surface area (Å²) in [4.78, 5) is 27.2. The highest BCUT2D eigenvalue weighted by atomic mass is 16.3. The first-order valence-electron chi connectivity index (χ1n) is 5.33. The van der Waals surface area contributed by atoms with Crippen LogP contribution in [-0.4, -0.2) is 40.1 Å². The minimum absolute atomic E-state index is 0.0189. The highest BCUT2D eigenvalue weighted by molar-refractivity contribution is 5.94. The van der Waals surface area contributed by atoms with Gasteiger partial charge in [0.05, 0.1) is 12.6 Å². The minimum Gasteiger partial charge on any atom is -0.394 e. The summed E-state index contributed by atoms with van der Waals surface area (Å²) in [6.07, 6.45) is 3.19. The summed E-state index contributed by atoms with van der Waals surface area (Å²) in [5.41, 5.74) is 0.0923. The molecule has 0 bridgehead atoms. The maximum absolute atomic E-state index is 12.0. The van der Waals surface area contributed by atoms with Crippen molar-refractivity contribution in [2.75, 3.05) is 13.2 Å². The molecule has 86 valence electrons. The zero-order valence-corrected chi connectivity index (χ0v) is 8.85. The number of aliphatic hydroxyl groups excluding tert-OH is 1. The molecule has 0 unspecified atom stereocenters. The predicted octanol–water partition coefficient (Wildman–Crippen LogP) is -0.0282. The molecule has 0 spiro atoms. The van der Waals surface area contributed by atoms with E-state index in [-0.39, 0.29) is 24.1 Å². The van der Waals surface area contributed by atoms with E-state index in [2.05, 4.69) is 4.98 Å². The number of nitrogens with one attached hydrogen (secondary N) is 1. The second-order valence-electron chi connectivity index (χ2n) is 3.92. The smallest absolute Gasteiger partial charge is 0.254 e. The van der Waals surface area contributed by atoms with Gasteiger partial charge in [-0.2, -0.15) is 0 Å². The fourth-order valence-electron chi connectivity index (χ4n) is 2.04. The molecule has 1 atom stereocenters. The lowest BCUT2D eigenvalue weighted by Gasteiger charge is -2.22. The molecular weight excluding hydrogens is 208 g/mol. The molecule has 2 heterocycles. The molecule has 16 heavy (non-hydrogen) atoms. The Morgan fingerprint density at radius 2 is 2.44 bits per heavy atom. The number of carbonyl (C=O) groups excluding carboxylic acids is 1. The Bertz CT molecular complexity index is 441. The summed E-state index contributed by atoms with van der Waals surface area (Å²) in [6, 6.07) is 2.76. The van der Waals surface area contributed by atoms with Crippen molar-refractivity contribution in [3.05, 3.63) is 34.2 Å². The van der Waals surface area contributed by atoms with E-state index >= 15 is 0 Å². The topological polar surface area (TPSA) is 73.4 Å². The van der Waals surface area contributed by atoms with E-state index < -0.39 is 0 Å². The highest BCUT2D eigenvalue weighted by Gasteiger charge is 2.28. The van der Waals surface area contributed by atoms with E-state index in [0.29, 0.717) is 12.1 Å². The summed E-state index contributed by atoms with van der Waals surface area (Å²) < 4.78 is 0. The van der Waals surface area contributed by atoms with Crippen molar-refractivity contribution in [1.29, 1.82) is 0 Å². The molecule has 0 radical (unpaired) electrons. The van der Waals surface area contributed by atoms with E-state index in [9.17, 15) is 9.59 Å². The number of amides is 1. The maximum Gasteiger partial charge on any atom is 0.254 e. The van der Waals surface area contributed by atoms with Crippen LogP contribution in [-0.2, 0) is 0 Å². The van der Waals surface area contributed by atoms with Gasteiger partial charge in [-0.15, -0.1) is 0 Å². The number of rotatable bonds is 2. The molecule has 1 aromatic rings. The van der Waals surface area contributed by atoms with Gasteiger partial charge in [-0.25, -0.2) is 0 Å². The van der Waals surface area contributed by atoms with Gasteiger partial charge in [0, 0.05) is 24.4 Å². The number of carbonyl (C=O) groups is 1. The second kappa shape index (κ2) is 4.49. The van der Waals surface area contributed by atoms with E-state index in [1.807, 2.05) is 0 Å². The monoisotopic (exact) mass is 222 g/mol. The van der Waals surface area contributed by atoms with Gasteiger partial charge < -0.3 is 15.0 Å². The summed E-state index contributed by atoms with van der Waals surface area (Å²) in [5.74, 6) is -0.178. The van der Waals surface area contributed by atoms with Crippen LogP contribution in [0.4, 0.5) is 0 Å². The Balaban J connectivity index is 2.22. The fourth-order valence-corrected chi connectivity index (χ4v) is 2.04. The van der Waals surface area contributed by atoms with Crippen molar-refractivity contribution in [3.8, 4) is 0 Å². The molecule has 5 heteroatoms. The molecule has 2 N–H and O–H groups in total. The Morgan fingerprint density at radius 3 is 3.12 bits per heavy atom. The molecule has 0 saturated carbocycles. The molecule has 1 fully saturated rings. The first kappa shape index (κ1) is 10.9. The summed E-state index contributed by atoms with van der Waals surface area (Å²) >= 11 is 0. The van der Waals surface area contributed by atoms with Crippen LogP contribution in [0.2, 0.25) is 0 Å². The zero-order valence-electron chi connectivity index (χ0n) is 8.85.